The van der Waals surface area contributed by atoms with E-state index in [1.807, 2.05) is 48.5 Å². The summed E-state index contributed by atoms with van der Waals surface area (Å²) >= 11 is 0. The number of fused-ring (bicyclic) bond motifs is 1. The molecule has 1 aliphatic rings. The van der Waals surface area contributed by atoms with Gasteiger partial charge in [0.2, 0.25) is 0 Å². The van der Waals surface area contributed by atoms with Crippen LogP contribution in [0.1, 0.15) is 12.8 Å². The highest BCUT2D eigenvalue weighted by Gasteiger charge is 2.34. The van der Waals surface area contributed by atoms with Crippen molar-refractivity contribution >= 4 is 16.7 Å². The molecule has 0 amide bonds. The van der Waals surface area contributed by atoms with E-state index in [1.54, 1.807) is 0 Å². The molecule has 1 saturated heterocycles. The maximum Gasteiger partial charge on any atom is 0.162 e. The molecule has 27 heavy (non-hydrogen) atoms. The van der Waals surface area contributed by atoms with Crippen LogP contribution in [0.5, 0.6) is 0 Å². The summed E-state index contributed by atoms with van der Waals surface area (Å²) in [6.07, 6.45) is 2.03. The van der Waals surface area contributed by atoms with E-state index in [2.05, 4.69) is 30.4 Å². The zero-order valence-electron chi connectivity index (χ0n) is 16.0. The summed E-state index contributed by atoms with van der Waals surface area (Å²) in [5, 5.41) is 4.70. The Labute approximate surface area is 160 Å². The van der Waals surface area contributed by atoms with Crippen LogP contribution in [0.15, 0.2) is 54.6 Å². The Hall–Kier alpha value is -2.50. The Morgan fingerprint density at radius 1 is 0.963 bits per heavy atom. The van der Waals surface area contributed by atoms with E-state index in [4.69, 9.17) is 14.7 Å². The smallest absolute Gasteiger partial charge is 0.162 e. The number of hydrogen-bond acceptors (Lipinski definition) is 5. The van der Waals surface area contributed by atoms with E-state index in [-0.39, 0.29) is 5.54 Å². The fourth-order valence-corrected chi connectivity index (χ4v) is 3.71. The van der Waals surface area contributed by atoms with Crippen molar-refractivity contribution in [1.29, 1.82) is 0 Å². The number of nitrogens with one attached hydrogen (secondary N) is 1. The van der Waals surface area contributed by atoms with Crippen LogP contribution in [0.25, 0.3) is 22.3 Å². The Morgan fingerprint density at radius 3 is 2.41 bits per heavy atom. The Kier molecular flexibility index (Phi) is 5.05. The van der Waals surface area contributed by atoms with Crippen LogP contribution in [0, 0.1) is 0 Å². The number of likely N-dealkylation sites (N-methyl/N-ethyl adjacent to an activating group) is 1. The van der Waals surface area contributed by atoms with Crippen LogP contribution in [0.3, 0.4) is 0 Å². The number of hydrogen-bond donors (Lipinski definition) is 1. The van der Waals surface area contributed by atoms with Gasteiger partial charge in [-0.05, 0) is 39.1 Å². The van der Waals surface area contributed by atoms with Crippen LogP contribution in [0.2, 0.25) is 0 Å². The third kappa shape index (κ3) is 3.66. The first-order chi connectivity index (χ1) is 13.2. The van der Waals surface area contributed by atoms with E-state index < -0.39 is 0 Å². The fraction of sp³-hybridized carbons (Fsp3) is 0.364. The molecule has 1 N–H and O–H groups in total. The second kappa shape index (κ2) is 7.62. The van der Waals surface area contributed by atoms with Crippen molar-refractivity contribution in [2.75, 3.05) is 39.2 Å². The van der Waals surface area contributed by atoms with Crippen LogP contribution < -0.4 is 5.32 Å². The zero-order valence-corrected chi connectivity index (χ0v) is 16.0. The largest absolute Gasteiger partial charge is 0.381 e. The molecular formula is C22H26N4O. The lowest BCUT2D eigenvalue weighted by Crippen LogP contribution is -2.53. The summed E-state index contributed by atoms with van der Waals surface area (Å²) in [5.74, 6) is 1.65. The maximum atomic E-state index is 5.59. The van der Waals surface area contributed by atoms with Crippen molar-refractivity contribution in [3.05, 3.63) is 54.6 Å². The molecule has 0 saturated carbocycles. The minimum absolute atomic E-state index is 0.0806. The molecule has 2 heterocycles. The highest BCUT2D eigenvalue weighted by Crippen LogP contribution is 2.29. The van der Waals surface area contributed by atoms with Crippen molar-refractivity contribution in [3.8, 4) is 11.4 Å². The van der Waals surface area contributed by atoms with Gasteiger partial charge in [-0.1, -0.05) is 42.5 Å². The van der Waals surface area contributed by atoms with Gasteiger partial charge in [-0.2, -0.15) is 0 Å². The van der Waals surface area contributed by atoms with E-state index in [9.17, 15) is 0 Å². The van der Waals surface area contributed by atoms with Gasteiger partial charge in [0.15, 0.2) is 5.82 Å². The summed E-state index contributed by atoms with van der Waals surface area (Å²) in [5.41, 5.74) is 2.07. The SMILES string of the molecule is CN(C)C1(CNc2nc(-c3ccccc3)nc3ccccc23)CCOCC1. The minimum Gasteiger partial charge on any atom is -0.381 e. The van der Waals surface area contributed by atoms with Gasteiger partial charge < -0.3 is 15.0 Å². The van der Waals surface area contributed by atoms with Crippen LogP contribution in [-0.2, 0) is 4.74 Å². The summed E-state index contributed by atoms with van der Waals surface area (Å²) in [4.78, 5) is 12.0. The molecule has 0 radical (unpaired) electrons. The van der Waals surface area contributed by atoms with Gasteiger partial charge in [-0.3, -0.25) is 0 Å². The molecule has 1 aliphatic heterocycles. The summed E-state index contributed by atoms with van der Waals surface area (Å²) < 4.78 is 5.59. The first kappa shape index (κ1) is 17.9. The molecule has 1 fully saturated rings. The molecule has 3 aromatic rings. The number of benzene rings is 2. The molecule has 0 unspecified atom stereocenters. The van der Waals surface area contributed by atoms with Crippen LogP contribution in [-0.4, -0.2) is 54.3 Å². The monoisotopic (exact) mass is 362 g/mol. The second-order valence-corrected chi connectivity index (χ2v) is 7.36. The number of para-hydroxylation sites is 1. The molecule has 0 spiro atoms. The standard InChI is InChI=1S/C22H26N4O/c1-26(2)22(12-14-27-15-13-22)16-23-21-18-10-6-7-11-19(18)24-20(25-21)17-8-4-3-5-9-17/h3-11H,12-16H2,1-2H3,(H,23,24,25). The number of anilines is 1. The first-order valence-corrected chi connectivity index (χ1v) is 9.49. The molecule has 0 bridgehead atoms. The van der Waals surface area contributed by atoms with Crippen molar-refractivity contribution in [2.24, 2.45) is 0 Å². The van der Waals surface area contributed by atoms with E-state index in [1.165, 1.54) is 0 Å². The summed E-state index contributed by atoms with van der Waals surface area (Å²) in [6.45, 7) is 2.44. The molecule has 0 aliphatic carbocycles. The average Bonchev–Trinajstić information content (AvgIpc) is 2.73. The molecule has 140 valence electrons. The van der Waals surface area contributed by atoms with E-state index >= 15 is 0 Å². The second-order valence-electron chi connectivity index (χ2n) is 7.36. The maximum absolute atomic E-state index is 5.59. The first-order valence-electron chi connectivity index (χ1n) is 9.49. The molecular weight excluding hydrogens is 336 g/mol. The van der Waals surface area contributed by atoms with Crippen LogP contribution >= 0.6 is 0 Å². The Balaban J connectivity index is 1.70. The molecule has 5 nitrogen and oxygen atoms in total. The average molecular weight is 362 g/mol. The van der Waals surface area contributed by atoms with Gasteiger partial charge in [-0.15, -0.1) is 0 Å². The lowest BCUT2D eigenvalue weighted by atomic mass is 9.88. The third-order valence-corrected chi connectivity index (χ3v) is 5.59. The van der Waals surface area contributed by atoms with Crippen molar-refractivity contribution in [3.63, 3.8) is 0 Å². The zero-order chi connectivity index (χ0) is 18.7. The number of nitrogens with zero attached hydrogens (tertiary/aromatic N) is 3. The Morgan fingerprint density at radius 2 is 1.67 bits per heavy atom. The quantitative estimate of drug-likeness (QED) is 0.748. The predicted molar refractivity (Wildman–Crippen MR) is 110 cm³/mol. The summed E-state index contributed by atoms with van der Waals surface area (Å²) in [6, 6.07) is 18.3. The van der Waals surface area contributed by atoms with Gasteiger partial charge in [-0.25, -0.2) is 9.97 Å². The van der Waals surface area contributed by atoms with Crippen molar-refractivity contribution in [2.45, 2.75) is 18.4 Å². The van der Waals surface area contributed by atoms with Gasteiger partial charge in [0.1, 0.15) is 5.82 Å². The molecule has 5 heteroatoms. The lowest BCUT2D eigenvalue weighted by molar-refractivity contribution is -0.000650. The van der Waals surface area contributed by atoms with Gasteiger partial charge in [0.25, 0.3) is 0 Å². The predicted octanol–water partition coefficient (Wildman–Crippen LogP) is 3.82. The van der Waals surface area contributed by atoms with Gasteiger partial charge in [0, 0.05) is 36.2 Å². The topological polar surface area (TPSA) is 50.3 Å². The fourth-order valence-electron chi connectivity index (χ4n) is 3.71. The normalized spacial score (nSPS) is 16.6. The van der Waals surface area contributed by atoms with Gasteiger partial charge >= 0.3 is 0 Å². The van der Waals surface area contributed by atoms with Crippen molar-refractivity contribution in [1.82, 2.24) is 14.9 Å². The molecule has 2 aromatic carbocycles. The molecule has 0 atom stereocenters. The van der Waals surface area contributed by atoms with Gasteiger partial charge in [0.05, 0.1) is 5.52 Å². The summed E-state index contributed by atoms with van der Waals surface area (Å²) in [7, 11) is 4.31. The lowest BCUT2D eigenvalue weighted by Gasteiger charge is -2.43. The van der Waals surface area contributed by atoms with E-state index in [0.29, 0.717) is 0 Å². The Bertz CT molecular complexity index is 905. The highest BCUT2D eigenvalue weighted by molar-refractivity contribution is 5.90. The molecule has 4 rings (SSSR count). The number of rotatable bonds is 5. The van der Waals surface area contributed by atoms with Crippen molar-refractivity contribution < 1.29 is 4.74 Å². The third-order valence-electron chi connectivity index (χ3n) is 5.59. The van der Waals surface area contributed by atoms with Crippen LogP contribution in [0.4, 0.5) is 5.82 Å². The highest BCUT2D eigenvalue weighted by atomic mass is 16.5. The number of ether oxygens (including phenoxy) is 1. The number of aromatic nitrogens is 2. The minimum atomic E-state index is 0.0806. The molecule has 1 aromatic heterocycles. The van der Waals surface area contributed by atoms with E-state index in [0.717, 1.165) is 60.7 Å².